The van der Waals surface area contributed by atoms with Crippen LogP contribution in [0.1, 0.15) is 0 Å². The number of hydrogen-bond acceptors (Lipinski definition) is 3. The Balaban J connectivity index is 1.74. The summed E-state index contributed by atoms with van der Waals surface area (Å²) in [6.07, 6.45) is 3.68. The second kappa shape index (κ2) is 5.28. The average Bonchev–Trinajstić information content (AvgIpc) is 3.45. The molecule has 27 heavy (non-hydrogen) atoms. The summed E-state index contributed by atoms with van der Waals surface area (Å²) >= 11 is 0. The third-order valence-corrected chi connectivity index (χ3v) is 4.85. The van der Waals surface area contributed by atoms with Crippen molar-refractivity contribution >= 4 is 16.9 Å². The molecule has 0 saturated carbocycles. The standard InChI is InChI=1S/C21H14N6/c1-3-7-15(8-4-1)17-14-23-27-20-13-18(16-9-5-2-6-10-16)24-25(20)19-11-12-22-26(19)21(17)27/h1-14H. The Labute approximate surface area is 153 Å². The molecule has 4 heterocycles. The molecular weight excluding hydrogens is 336 g/mol. The third kappa shape index (κ3) is 1.98. The van der Waals surface area contributed by atoms with Crippen LogP contribution in [0.3, 0.4) is 0 Å². The molecule has 0 spiro atoms. The van der Waals surface area contributed by atoms with Gasteiger partial charge in [0.1, 0.15) is 0 Å². The first-order valence-electron chi connectivity index (χ1n) is 8.74. The van der Waals surface area contributed by atoms with Gasteiger partial charge in [-0.1, -0.05) is 60.7 Å². The van der Waals surface area contributed by atoms with E-state index in [0.717, 1.165) is 39.3 Å². The van der Waals surface area contributed by atoms with E-state index < -0.39 is 0 Å². The molecule has 6 nitrogen and oxygen atoms in total. The van der Waals surface area contributed by atoms with Crippen LogP contribution in [0.15, 0.2) is 85.2 Å². The minimum absolute atomic E-state index is 0.900. The van der Waals surface area contributed by atoms with E-state index in [4.69, 9.17) is 5.10 Å². The van der Waals surface area contributed by atoms with Crippen LogP contribution in [0, 0.1) is 0 Å². The molecule has 0 radical (unpaired) electrons. The minimum atomic E-state index is 0.900. The fourth-order valence-corrected chi connectivity index (χ4v) is 3.60. The minimum Gasteiger partial charge on any atom is -0.196 e. The Hall–Kier alpha value is -3.93. The maximum atomic E-state index is 4.81. The van der Waals surface area contributed by atoms with Gasteiger partial charge < -0.3 is 0 Å². The summed E-state index contributed by atoms with van der Waals surface area (Å²) < 4.78 is 5.69. The molecule has 0 unspecified atom stereocenters. The van der Waals surface area contributed by atoms with Gasteiger partial charge in [-0.2, -0.15) is 28.8 Å². The first-order valence-corrected chi connectivity index (χ1v) is 8.74. The first-order chi connectivity index (χ1) is 13.4. The van der Waals surface area contributed by atoms with Gasteiger partial charge in [0.15, 0.2) is 16.9 Å². The molecule has 128 valence electrons. The SMILES string of the molecule is c1ccc(-c2cc3n(n2)c2ccnn2c2c(-c4ccccc4)cnn32)cc1. The predicted octanol–water partition coefficient (Wildman–Crippen LogP) is 3.96. The van der Waals surface area contributed by atoms with E-state index in [9.17, 15) is 0 Å². The molecule has 0 atom stereocenters. The lowest BCUT2D eigenvalue weighted by atomic mass is 10.1. The van der Waals surface area contributed by atoms with Crippen molar-refractivity contribution in [1.82, 2.24) is 28.8 Å². The van der Waals surface area contributed by atoms with Crippen LogP contribution in [0.25, 0.3) is 39.3 Å². The number of aromatic nitrogens is 6. The van der Waals surface area contributed by atoms with E-state index in [1.54, 1.807) is 6.20 Å². The van der Waals surface area contributed by atoms with Gasteiger partial charge in [0.25, 0.3) is 0 Å². The van der Waals surface area contributed by atoms with Gasteiger partial charge in [-0.05, 0) is 5.56 Å². The highest BCUT2D eigenvalue weighted by Crippen LogP contribution is 2.28. The average molecular weight is 350 g/mol. The highest BCUT2D eigenvalue weighted by Gasteiger charge is 2.17. The van der Waals surface area contributed by atoms with Gasteiger partial charge in [0, 0.05) is 23.3 Å². The molecule has 0 aliphatic rings. The zero-order valence-corrected chi connectivity index (χ0v) is 14.3. The van der Waals surface area contributed by atoms with Crippen molar-refractivity contribution < 1.29 is 0 Å². The topological polar surface area (TPSA) is 51.9 Å². The second-order valence-electron chi connectivity index (χ2n) is 6.43. The highest BCUT2D eigenvalue weighted by atomic mass is 15.4. The van der Waals surface area contributed by atoms with E-state index in [1.165, 1.54) is 0 Å². The molecule has 0 bridgehead atoms. The molecule has 6 rings (SSSR count). The van der Waals surface area contributed by atoms with Crippen LogP contribution < -0.4 is 0 Å². The van der Waals surface area contributed by atoms with Crippen molar-refractivity contribution in [2.24, 2.45) is 0 Å². The quantitative estimate of drug-likeness (QED) is 0.475. The Morgan fingerprint density at radius 3 is 2.11 bits per heavy atom. The largest absolute Gasteiger partial charge is 0.196 e. The van der Waals surface area contributed by atoms with E-state index in [-0.39, 0.29) is 0 Å². The second-order valence-corrected chi connectivity index (χ2v) is 6.43. The maximum absolute atomic E-state index is 4.81. The van der Waals surface area contributed by atoms with E-state index in [1.807, 2.05) is 62.2 Å². The van der Waals surface area contributed by atoms with E-state index in [0.29, 0.717) is 0 Å². The molecule has 4 aromatic heterocycles. The zero-order chi connectivity index (χ0) is 17.8. The number of rotatable bonds is 2. The number of nitrogens with zero attached hydrogens (tertiary/aromatic N) is 6. The monoisotopic (exact) mass is 350 g/mol. The fraction of sp³-hybridized carbons (Fsp3) is 0. The molecule has 0 N–H and O–H groups in total. The summed E-state index contributed by atoms with van der Waals surface area (Å²) in [5.41, 5.74) is 6.85. The van der Waals surface area contributed by atoms with Crippen molar-refractivity contribution in [3.05, 3.63) is 85.2 Å². The summed E-state index contributed by atoms with van der Waals surface area (Å²) in [5, 5.41) is 14.0. The molecule has 0 amide bonds. The van der Waals surface area contributed by atoms with Crippen LogP contribution in [0.5, 0.6) is 0 Å². The Bertz CT molecular complexity index is 1400. The molecule has 0 fully saturated rings. The molecule has 0 aliphatic carbocycles. The van der Waals surface area contributed by atoms with Crippen LogP contribution in [0.2, 0.25) is 0 Å². The fourth-order valence-electron chi connectivity index (χ4n) is 3.60. The summed E-state index contributed by atoms with van der Waals surface area (Å²) in [4.78, 5) is 0. The zero-order valence-electron chi connectivity index (χ0n) is 14.3. The highest BCUT2D eigenvalue weighted by molar-refractivity contribution is 5.81. The molecule has 2 aromatic carbocycles. The predicted molar refractivity (Wildman–Crippen MR) is 104 cm³/mol. The molecule has 6 aromatic rings. The molecule has 0 saturated heterocycles. The van der Waals surface area contributed by atoms with Crippen LogP contribution in [-0.4, -0.2) is 28.8 Å². The Morgan fingerprint density at radius 2 is 1.33 bits per heavy atom. The summed E-state index contributed by atoms with van der Waals surface area (Å²) in [5.74, 6) is 0. The van der Waals surface area contributed by atoms with Crippen molar-refractivity contribution in [3.8, 4) is 22.4 Å². The Morgan fingerprint density at radius 1 is 0.630 bits per heavy atom. The molecule has 0 aliphatic heterocycles. The summed E-state index contributed by atoms with van der Waals surface area (Å²) in [6, 6.07) is 24.4. The van der Waals surface area contributed by atoms with Crippen molar-refractivity contribution in [2.75, 3.05) is 0 Å². The van der Waals surface area contributed by atoms with Crippen LogP contribution in [0.4, 0.5) is 0 Å². The normalized spacial score (nSPS) is 11.7. The lowest BCUT2D eigenvalue weighted by Gasteiger charge is -2.05. The van der Waals surface area contributed by atoms with Crippen molar-refractivity contribution in [2.45, 2.75) is 0 Å². The van der Waals surface area contributed by atoms with Gasteiger partial charge >= 0.3 is 0 Å². The summed E-state index contributed by atoms with van der Waals surface area (Å²) in [7, 11) is 0. The smallest absolute Gasteiger partial charge is 0.169 e. The lowest BCUT2D eigenvalue weighted by Crippen LogP contribution is -2.05. The van der Waals surface area contributed by atoms with Crippen molar-refractivity contribution in [3.63, 3.8) is 0 Å². The number of fused-ring (bicyclic) bond motifs is 6. The van der Waals surface area contributed by atoms with Crippen LogP contribution in [-0.2, 0) is 0 Å². The van der Waals surface area contributed by atoms with Gasteiger partial charge in [0.2, 0.25) is 0 Å². The van der Waals surface area contributed by atoms with E-state index in [2.05, 4.69) is 40.5 Å². The molecule has 6 heteroatoms. The molecular formula is C21H14N6. The van der Waals surface area contributed by atoms with Crippen molar-refractivity contribution in [1.29, 1.82) is 0 Å². The van der Waals surface area contributed by atoms with Gasteiger partial charge in [0.05, 0.1) is 18.1 Å². The van der Waals surface area contributed by atoms with Gasteiger partial charge in [-0.15, -0.1) is 0 Å². The lowest BCUT2D eigenvalue weighted by molar-refractivity contribution is 0.829. The van der Waals surface area contributed by atoms with E-state index >= 15 is 0 Å². The first kappa shape index (κ1) is 14.3. The van der Waals surface area contributed by atoms with Gasteiger partial charge in [-0.3, -0.25) is 0 Å². The third-order valence-electron chi connectivity index (χ3n) is 4.85. The van der Waals surface area contributed by atoms with Crippen LogP contribution >= 0.6 is 0 Å². The Kier molecular flexibility index (Phi) is 2.79. The van der Waals surface area contributed by atoms with Gasteiger partial charge in [-0.25, -0.2) is 0 Å². The maximum Gasteiger partial charge on any atom is 0.169 e. The number of hydrogen-bond donors (Lipinski definition) is 0. The summed E-state index contributed by atoms with van der Waals surface area (Å²) in [6.45, 7) is 0. The number of benzene rings is 2.